The molecule has 1 atom stereocenters. The van der Waals surface area contributed by atoms with Crippen molar-refractivity contribution in [1.82, 2.24) is 0 Å². The summed E-state index contributed by atoms with van der Waals surface area (Å²) < 4.78 is 22.3. The molecule has 0 saturated heterocycles. The average molecular weight is 234 g/mol. The van der Waals surface area contributed by atoms with Crippen molar-refractivity contribution in [1.29, 1.82) is 0 Å². The number of rotatable bonds is 3. The molecule has 14 heavy (non-hydrogen) atoms. The minimum Gasteiger partial charge on any atom is -0.225 e. The van der Waals surface area contributed by atoms with Gasteiger partial charge in [0.2, 0.25) is 10.0 Å². The van der Waals surface area contributed by atoms with E-state index < -0.39 is 10.0 Å². The Morgan fingerprint density at radius 1 is 1.43 bits per heavy atom. The Labute approximate surface area is 88.9 Å². The first-order valence-electron chi connectivity index (χ1n) is 4.16. The quantitative estimate of drug-likeness (QED) is 0.805. The Morgan fingerprint density at radius 3 is 2.50 bits per heavy atom. The van der Waals surface area contributed by atoms with Gasteiger partial charge in [-0.25, -0.2) is 13.6 Å². The van der Waals surface area contributed by atoms with Crippen LogP contribution in [0.2, 0.25) is 0 Å². The zero-order chi connectivity index (χ0) is 10.8. The van der Waals surface area contributed by atoms with Crippen molar-refractivity contribution in [2.24, 2.45) is 5.14 Å². The molecule has 0 radical (unpaired) electrons. The number of hydrogen-bond acceptors (Lipinski definition) is 2. The first-order valence-corrected chi connectivity index (χ1v) is 6.14. The van der Waals surface area contributed by atoms with Crippen molar-refractivity contribution >= 4 is 21.6 Å². The number of hydrogen-bond donors (Lipinski definition) is 1. The molecule has 1 aromatic carbocycles. The van der Waals surface area contributed by atoms with E-state index in [9.17, 15) is 8.42 Å². The highest BCUT2D eigenvalue weighted by atomic mass is 35.5. The fraction of sp³-hybridized carbons (Fsp3) is 0.333. The third-order valence-electron chi connectivity index (χ3n) is 1.78. The van der Waals surface area contributed by atoms with E-state index in [1.807, 2.05) is 6.92 Å². The number of alkyl halides is 1. The van der Waals surface area contributed by atoms with Crippen LogP contribution >= 0.6 is 11.6 Å². The van der Waals surface area contributed by atoms with Crippen molar-refractivity contribution in [3.63, 3.8) is 0 Å². The second-order valence-corrected chi connectivity index (χ2v) is 5.41. The summed E-state index contributed by atoms with van der Waals surface area (Å²) in [5.41, 5.74) is 0.664. The SMILES string of the molecule is CC(Cl)Cc1ccccc1S(N)(=O)=O. The van der Waals surface area contributed by atoms with Crippen LogP contribution < -0.4 is 5.14 Å². The fourth-order valence-corrected chi connectivity index (χ4v) is 2.20. The highest BCUT2D eigenvalue weighted by Gasteiger charge is 2.13. The first kappa shape index (κ1) is 11.5. The maximum absolute atomic E-state index is 11.2. The topological polar surface area (TPSA) is 60.2 Å². The lowest BCUT2D eigenvalue weighted by atomic mass is 10.1. The van der Waals surface area contributed by atoms with Gasteiger partial charge in [0, 0.05) is 5.38 Å². The van der Waals surface area contributed by atoms with Crippen LogP contribution in [0.3, 0.4) is 0 Å². The second-order valence-electron chi connectivity index (χ2n) is 3.14. The van der Waals surface area contributed by atoms with Gasteiger partial charge in [0.05, 0.1) is 4.90 Å². The lowest BCUT2D eigenvalue weighted by molar-refractivity contribution is 0.596. The number of benzene rings is 1. The predicted octanol–water partition coefficient (Wildman–Crippen LogP) is 1.50. The zero-order valence-electron chi connectivity index (χ0n) is 7.77. The molecule has 0 amide bonds. The Bertz CT molecular complexity index is 415. The summed E-state index contributed by atoms with van der Waals surface area (Å²) in [4.78, 5) is 0.160. The van der Waals surface area contributed by atoms with Gasteiger partial charge in [-0.15, -0.1) is 11.6 Å². The standard InChI is InChI=1S/C9H12ClNO2S/c1-7(10)6-8-4-2-3-5-9(8)14(11,12)13/h2-5,7H,6H2,1H3,(H2,11,12,13). The fourth-order valence-electron chi connectivity index (χ4n) is 1.25. The molecule has 0 spiro atoms. The summed E-state index contributed by atoms with van der Waals surface area (Å²) in [6.45, 7) is 1.81. The zero-order valence-corrected chi connectivity index (χ0v) is 9.35. The Hall–Kier alpha value is -0.580. The third-order valence-corrected chi connectivity index (χ3v) is 2.95. The van der Waals surface area contributed by atoms with Gasteiger partial charge in [0.1, 0.15) is 0 Å². The van der Waals surface area contributed by atoms with E-state index >= 15 is 0 Å². The van der Waals surface area contributed by atoms with E-state index in [4.69, 9.17) is 16.7 Å². The van der Waals surface area contributed by atoms with Crippen molar-refractivity contribution in [3.8, 4) is 0 Å². The van der Waals surface area contributed by atoms with Gasteiger partial charge in [0.25, 0.3) is 0 Å². The monoisotopic (exact) mass is 233 g/mol. The summed E-state index contributed by atoms with van der Waals surface area (Å²) in [7, 11) is -3.64. The lowest BCUT2D eigenvalue weighted by Gasteiger charge is -2.08. The molecule has 5 heteroatoms. The summed E-state index contributed by atoms with van der Waals surface area (Å²) in [6.07, 6.45) is 0.494. The lowest BCUT2D eigenvalue weighted by Crippen LogP contribution is -2.15. The Morgan fingerprint density at radius 2 is 2.00 bits per heavy atom. The molecular formula is C9H12ClNO2S. The predicted molar refractivity (Wildman–Crippen MR) is 56.8 cm³/mol. The van der Waals surface area contributed by atoms with E-state index in [2.05, 4.69) is 0 Å². The van der Waals surface area contributed by atoms with Crippen molar-refractivity contribution < 1.29 is 8.42 Å². The number of nitrogens with two attached hydrogens (primary N) is 1. The number of halogens is 1. The molecule has 0 bridgehead atoms. The molecule has 78 valence electrons. The minimum atomic E-state index is -3.64. The summed E-state index contributed by atoms with van der Waals surface area (Å²) in [5, 5.41) is 4.95. The van der Waals surface area contributed by atoms with E-state index in [0.717, 1.165) is 0 Å². The van der Waals surface area contributed by atoms with Crippen molar-refractivity contribution in [2.45, 2.75) is 23.6 Å². The number of primary sulfonamides is 1. The normalized spacial score (nSPS) is 13.9. The van der Waals surface area contributed by atoms with Crippen molar-refractivity contribution in [2.75, 3.05) is 0 Å². The van der Waals surface area contributed by atoms with Crippen LogP contribution in [0.5, 0.6) is 0 Å². The third kappa shape index (κ3) is 2.97. The Kier molecular flexibility index (Phi) is 3.53. The molecule has 0 heterocycles. The van der Waals surface area contributed by atoms with Gasteiger partial charge in [0.15, 0.2) is 0 Å². The maximum atomic E-state index is 11.2. The molecule has 0 aliphatic heterocycles. The molecule has 0 aromatic heterocycles. The summed E-state index contributed by atoms with van der Waals surface area (Å²) in [5.74, 6) is 0. The first-order chi connectivity index (χ1) is 6.41. The molecule has 1 unspecified atom stereocenters. The molecule has 0 saturated carbocycles. The van der Waals surface area contributed by atoms with E-state index in [1.54, 1.807) is 18.2 Å². The Balaban J connectivity index is 3.17. The molecule has 3 nitrogen and oxygen atoms in total. The van der Waals surface area contributed by atoms with Crippen LogP contribution in [-0.4, -0.2) is 13.8 Å². The van der Waals surface area contributed by atoms with Crippen LogP contribution in [0.4, 0.5) is 0 Å². The molecule has 1 aromatic rings. The van der Waals surface area contributed by atoms with Gasteiger partial charge >= 0.3 is 0 Å². The summed E-state index contributed by atoms with van der Waals surface area (Å²) >= 11 is 5.80. The summed E-state index contributed by atoms with van der Waals surface area (Å²) in [6, 6.07) is 6.62. The minimum absolute atomic E-state index is 0.113. The van der Waals surface area contributed by atoms with Crippen LogP contribution in [0.15, 0.2) is 29.2 Å². The van der Waals surface area contributed by atoms with Gasteiger partial charge < -0.3 is 0 Å². The molecule has 0 aliphatic rings. The van der Waals surface area contributed by atoms with E-state index in [-0.39, 0.29) is 10.3 Å². The van der Waals surface area contributed by atoms with Crippen LogP contribution in [0, 0.1) is 0 Å². The molecule has 0 fully saturated rings. The smallest absolute Gasteiger partial charge is 0.225 e. The van der Waals surface area contributed by atoms with Crippen LogP contribution in [-0.2, 0) is 16.4 Å². The van der Waals surface area contributed by atoms with Gasteiger partial charge in [-0.05, 0) is 25.0 Å². The highest BCUT2D eigenvalue weighted by Crippen LogP contribution is 2.16. The molecule has 0 aliphatic carbocycles. The number of sulfonamides is 1. The molecule has 2 N–H and O–H groups in total. The van der Waals surface area contributed by atoms with Crippen LogP contribution in [0.1, 0.15) is 12.5 Å². The van der Waals surface area contributed by atoms with E-state index in [0.29, 0.717) is 12.0 Å². The van der Waals surface area contributed by atoms with Gasteiger partial charge in [-0.2, -0.15) is 0 Å². The highest BCUT2D eigenvalue weighted by molar-refractivity contribution is 7.89. The maximum Gasteiger partial charge on any atom is 0.238 e. The van der Waals surface area contributed by atoms with Crippen LogP contribution in [0.25, 0.3) is 0 Å². The van der Waals surface area contributed by atoms with Gasteiger partial charge in [-0.1, -0.05) is 18.2 Å². The van der Waals surface area contributed by atoms with Crippen molar-refractivity contribution in [3.05, 3.63) is 29.8 Å². The van der Waals surface area contributed by atoms with E-state index in [1.165, 1.54) is 6.07 Å². The average Bonchev–Trinajstić information content (AvgIpc) is 2.01. The largest absolute Gasteiger partial charge is 0.238 e. The second kappa shape index (κ2) is 4.29. The molecular weight excluding hydrogens is 222 g/mol. The molecule has 1 rings (SSSR count). The van der Waals surface area contributed by atoms with Gasteiger partial charge in [-0.3, -0.25) is 0 Å².